The number of nitrogens with two attached hydrogens (primary N) is 1. The average molecular weight is 424 g/mol. The fraction of sp³-hybridized carbons (Fsp3) is 0.458. The first-order chi connectivity index (χ1) is 14.3. The van der Waals surface area contributed by atoms with Crippen molar-refractivity contribution in [2.45, 2.75) is 44.3 Å². The summed E-state index contributed by atoms with van der Waals surface area (Å²) in [6.45, 7) is 6.75. The summed E-state index contributed by atoms with van der Waals surface area (Å²) < 4.78 is 0. The maximum absolute atomic E-state index is 13.4. The number of hydrogen-bond donors (Lipinski definition) is 2. The van der Waals surface area contributed by atoms with Crippen molar-refractivity contribution in [2.75, 3.05) is 31.6 Å². The maximum Gasteiger partial charge on any atom is 0.231 e. The smallest absolute Gasteiger partial charge is 0.231 e. The van der Waals surface area contributed by atoms with E-state index in [0.717, 1.165) is 42.4 Å². The predicted molar refractivity (Wildman–Crippen MR) is 125 cm³/mol. The number of carbonyl (C=O) groups is 1. The molecule has 1 fully saturated rings. The number of hydrogen-bond acceptors (Lipinski definition) is 4. The molecule has 6 heteroatoms. The standard InChI is InChI=1S/C24H33N3O2Si/c1-26-16-22(21-8-7-20(14-23(21)26)30(2,3)29)24(28)27-11-9-18(10-12-27)19-6-4-5-17(13-19)15-25/h4-8,13-14,18,22,29H,9-12,15-16,25H2,1-3H3. The highest BCUT2D eigenvalue weighted by molar-refractivity contribution is 6.83. The summed E-state index contributed by atoms with van der Waals surface area (Å²) in [6.07, 6.45) is 2.00. The van der Waals surface area contributed by atoms with Gasteiger partial charge in [-0.15, -0.1) is 0 Å². The summed E-state index contributed by atoms with van der Waals surface area (Å²) in [5.41, 5.74) is 10.5. The number of fused-ring (bicyclic) bond motifs is 1. The van der Waals surface area contributed by atoms with E-state index in [9.17, 15) is 9.59 Å². The van der Waals surface area contributed by atoms with Crippen LogP contribution in [0.3, 0.4) is 0 Å². The van der Waals surface area contributed by atoms with Gasteiger partial charge in [0.1, 0.15) is 0 Å². The Hall–Kier alpha value is -2.15. The number of nitrogens with zero attached hydrogens (tertiary/aromatic N) is 2. The van der Waals surface area contributed by atoms with Gasteiger partial charge in [-0.2, -0.15) is 0 Å². The van der Waals surface area contributed by atoms with Gasteiger partial charge in [-0.1, -0.05) is 36.4 Å². The zero-order valence-corrected chi connectivity index (χ0v) is 19.3. The van der Waals surface area contributed by atoms with Crippen LogP contribution in [-0.2, 0) is 11.3 Å². The molecule has 160 valence electrons. The third-order valence-electron chi connectivity index (χ3n) is 6.74. The summed E-state index contributed by atoms with van der Waals surface area (Å²) >= 11 is 0. The van der Waals surface area contributed by atoms with Crippen molar-refractivity contribution in [1.29, 1.82) is 0 Å². The van der Waals surface area contributed by atoms with Crippen molar-refractivity contribution in [3.8, 4) is 0 Å². The molecule has 2 aromatic carbocycles. The molecule has 2 aliphatic rings. The summed E-state index contributed by atoms with van der Waals surface area (Å²) in [5.74, 6) is 0.626. The third-order valence-corrected chi connectivity index (χ3v) is 8.47. The Morgan fingerprint density at radius 2 is 1.90 bits per heavy atom. The summed E-state index contributed by atoms with van der Waals surface area (Å²) in [7, 11) is -0.324. The van der Waals surface area contributed by atoms with Gasteiger partial charge in [0.15, 0.2) is 0 Å². The van der Waals surface area contributed by atoms with Crippen LogP contribution in [0.2, 0.25) is 13.1 Å². The van der Waals surface area contributed by atoms with Gasteiger partial charge in [0, 0.05) is 38.9 Å². The second kappa shape index (κ2) is 8.17. The van der Waals surface area contributed by atoms with Gasteiger partial charge in [0.25, 0.3) is 0 Å². The lowest BCUT2D eigenvalue weighted by molar-refractivity contribution is -0.133. The monoisotopic (exact) mass is 423 g/mol. The van der Waals surface area contributed by atoms with E-state index in [2.05, 4.69) is 46.2 Å². The Balaban J connectivity index is 1.45. The first-order valence-corrected chi connectivity index (χ1v) is 13.9. The van der Waals surface area contributed by atoms with E-state index >= 15 is 0 Å². The fourth-order valence-corrected chi connectivity index (χ4v) is 5.84. The number of carbonyl (C=O) groups excluding carboxylic acids is 1. The SMILES string of the molecule is CN1CC(C(=O)N2CCC(c3cccc(CN)c3)CC2)c2ccc([Si](C)(C)O)cc21. The number of likely N-dealkylation sites (N-methyl/N-ethyl adjacent to an activating group) is 1. The van der Waals surface area contributed by atoms with Gasteiger partial charge in [0.2, 0.25) is 14.2 Å². The van der Waals surface area contributed by atoms with Gasteiger partial charge >= 0.3 is 0 Å². The van der Waals surface area contributed by atoms with Crippen molar-refractivity contribution in [1.82, 2.24) is 4.90 Å². The van der Waals surface area contributed by atoms with Gasteiger partial charge in [-0.3, -0.25) is 4.79 Å². The van der Waals surface area contributed by atoms with Crippen LogP contribution >= 0.6 is 0 Å². The molecule has 2 heterocycles. The van der Waals surface area contributed by atoms with Crippen LogP contribution in [0.15, 0.2) is 42.5 Å². The van der Waals surface area contributed by atoms with Crippen molar-refractivity contribution < 1.29 is 9.59 Å². The van der Waals surface area contributed by atoms with Crippen LogP contribution in [0.4, 0.5) is 5.69 Å². The van der Waals surface area contributed by atoms with E-state index in [0.29, 0.717) is 19.0 Å². The molecule has 1 unspecified atom stereocenters. The summed E-state index contributed by atoms with van der Waals surface area (Å²) in [5, 5.41) is 1.02. The molecule has 0 spiro atoms. The Morgan fingerprint density at radius 3 is 2.57 bits per heavy atom. The molecule has 0 bridgehead atoms. The van der Waals surface area contributed by atoms with Gasteiger partial charge in [0.05, 0.1) is 5.92 Å². The van der Waals surface area contributed by atoms with Crippen LogP contribution in [0.1, 0.15) is 41.4 Å². The Labute approximate surface area is 180 Å². The minimum absolute atomic E-state index is 0.111. The van der Waals surface area contributed by atoms with Crippen LogP contribution < -0.4 is 15.8 Å². The molecule has 0 saturated carbocycles. The highest BCUT2D eigenvalue weighted by Crippen LogP contribution is 2.37. The quantitative estimate of drug-likeness (QED) is 0.742. The average Bonchev–Trinajstić information content (AvgIpc) is 3.09. The largest absolute Gasteiger partial charge is 0.428 e. The third kappa shape index (κ3) is 4.04. The van der Waals surface area contributed by atoms with E-state index in [1.54, 1.807) is 0 Å². The number of likely N-dealkylation sites (tertiary alicyclic amines) is 1. The topological polar surface area (TPSA) is 69.8 Å². The van der Waals surface area contributed by atoms with Crippen LogP contribution in [-0.4, -0.2) is 50.6 Å². The lowest BCUT2D eigenvalue weighted by atomic mass is 9.88. The second-order valence-electron chi connectivity index (χ2n) is 9.31. The van der Waals surface area contributed by atoms with E-state index in [1.807, 2.05) is 26.2 Å². The molecule has 5 nitrogen and oxygen atoms in total. The van der Waals surface area contributed by atoms with Crippen molar-refractivity contribution in [3.63, 3.8) is 0 Å². The van der Waals surface area contributed by atoms with E-state index < -0.39 is 8.32 Å². The summed E-state index contributed by atoms with van der Waals surface area (Å²) in [6, 6.07) is 14.7. The number of rotatable bonds is 4. The van der Waals surface area contributed by atoms with E-state index in [1.165, 1.54) is 11.1 Å². The molecule has 0 aromatic heterocycles. The number of piperidine rings is 1. The molecule has 0 aliphatic carbocycles. The maximum atomic E-state index is 13.4. The number of amides is 1. The molecule has 1 saturated heterocycles. The zero-order chi connectivity index (χ0) is 21.5. The molecular weight excluding hydrogens is 390 g/mol. The molecule has 4 rings (SSSR count). The molecule has 2 aliphatic heterocycles. The van der Waals surface area contributed by atoms with Crippen LogP contribution in [0.25, 0.3) is 0 Å². The highest BCUT2D eigenvalue weighted by Gasteiger charge is 2.37. The summed E-state index contributed by atoms with van der Waals surface area (Å²) in [4.78, 5) is 28.1. The first kappa shape index (κ1) is 21.1. The zero-order valence-electron chi connectivity index (χ0n) is 18.3. The first-order valence-electron chi connectivity index (χ1n) is 10.9. The highest BCUT2D eigenvalue weighted by atomic mass is 28.4. The lowest BCUT2D eigenvalue weighted by Crippen LogP contribution is -2.42. The molecule has 3 N–H and O–H groups in total. The van der Waals surface area contributed by atoms with Crippen LogP contribution in [0.5, 0.6) is 0 Å². The lowest BCUT2D eigenvalue weighted by Gasteiger charge is -2.34. The molecule has 0 radical (unpaired) electrons. The Morgan fingerprint density at radius 1 is 1.17 bits per heavy atom. The minimum atomic E-state index is -2.36. The Kier molecular flexibility index (Phi) is 5.75. The number of benzene rings is 2. The minimum Gasteiger partial charge on any atom is -0.428 e. The van der Waals surface area contributed by atoms with Crippen molar-refractivity contribution >= 4 is 25.1 Å². The van der Waals surface area contributed by atoms with Gasteiger partial charge in [-0.25, -0.2) is 0 Å². The van der Waals surface area contributed by atoms with E-state index in [-0.39, 0.29) is 11.8 Å². The van der Waals surface area contributed by atoms with Crippen molar-refractivity contribution in [3.05, 3.63) is 59.2 Å². The predicted octanol–water partition coefficient (Wildman–Crippen LogP) is 2.49. The molecule has 2 aromatic rings. The molecule has 1 amide bonds. The van der Waals surface area contributed by atoms with E-state index in [4.69, 9.17) is 5.73 Å². The molecular formula is C24H33N3O2Si. The normalized spacial score (nSPS) is 19.8. The Bertz CT molecular complexity index is 932. The second-order valence-corrected chi connectivity index (χ2v) is 13.0. The van der Waals surface area contributed by atoms with Gasteiger partial charge < -0.3 is 20.3 Å². The van der Waals surface area contributed by atoms with Crippen LogP contribution in [0, 0.1) is 0 Å². The fourth-order valence-electron chi connectivity index (χ4n) is 4.86. The molecule has 1 atom stereocenters. The molecule has 30 heavy (non-hydrogen) atoms. The number of anilines is 1. The van der Waals surface area contributed by atoms with Crippen molar-refractivity contribution in [2.24, 2.45) is 5.73 Å². The van der Waals surface area contributed by atoms with Gasteiger partial charge in [-0.05, 0) is 59.8 Å².